The van der Waals surface area contributed by atoms with Gasteiger partial charge in [-0.05, 0) is 49.4 Å². The van der Waals surface area contributed by atoms with Crippen molar-refractivity contribution < 1.29 is 13.2 Å². The summed E-state index contributed by atoms with van der Waals surface area (Å²) in [4.78, 5) is 11.4. The number of piperidine rings is 1. The van der Waals surface area contributed by atoms with Crippen LogP contribution in [-0.4, -0.2) is 33.5 Å². The fourth-order valence-electron chi connectivity index (χ4n) is 2.93. The topological polar surface area (TPSA) is 101 Å². The maximum absolute atomic E-state index is 12.5. The van der Waals surface area contributed by atoms with E-state index < -0.39 is 15.9 Å². The summed E-state index contributed by atoms with van der Waals surface area (Å²) in [6, 6.07) is 4.49. The van der Waals surface area contributed by atoms with E-state index >= 15 is 0 Å². The number of hydrogen-bond donors (Lipinski definition) is 3. The van der Waals surface area contributed by atoms with Crippen molar-refractivity contribution in [3.63, 3.8) is 0 Å². The van der Waals surface area contributed by atoms with Gasteiger partial charge in [-0.15, -0.1) is 0 Å². The van der Waals surface area contributed by atoms with E-state index in [-0.39, 0.29) is 21.9 Å². The normalized spacial score (nSPS) is 21.1. The van der Waals surface area contributed by atoms with Crippen molar-refractivity contribution in [2.45, 2.75) is 44.6 Å². The third kappa shape index (κ3) is 4.10. The fourth-order valence-corrected chi connectivity index (χ4v) is 4.00. The number of amides is 1. The molecule has 0 bridgehead atoms. The minimum absolute atomic E-state index is 0.0342. The summed E-state index contributed by atoms with van der Waals surface area (Å²) < 4.78 is 27.6. The summed E-state index contributed by atoms with van der Waals surface area (Å²) >= 11 is 0. The van der Waals surface area contributed by atoms with Gasteiger partial charge in [0, 0.05) is 18.2 Å². The van der Waals surface area contributed by atoms with Gasteiger partial charge in [-0.3, -0.25) is 4.79 Å². The zero-order chi connectivity index (χ0) is 17.3. The molecular weight excluding hydrogens is 314 g/mol. The van der Waals surface area contributed by atoms with Gasteiger partial charge in [-0.1, -0.05) is 19.9 Å². The van der Waals surface area contributed by atoms with Gasteiger partial charge in [0.15, 0.2) is 0 Å². The van der Waals surface area contributed by atoms with Crippen LogP contribution in [-0.2, 0) is 10.0 Å². The predicted molar refractivity (Wildman–Crippen MR) is 89.7 cm³/mol. The second-order valence-electron chi connectivity index (χ2n) is 6.79. The number of sulfonamides is 1. The molecule has 2 rings (SSSR count). The van der Waals surface area contributed by atoms with E-state index in [0.29, 0.717) is 12.1 Å². The molecule has 6 nitrogen and oxygen atoms in total. The first kappa shape index (κ1) is 17.9. The molecule has 1 heterocycles. The lowest BCUT2D eigenvalue weighted by molar-refractivity contribution is 0.0999. The monoisotopic (exact) mass is 339 g/mol. The quantitative estimate of drug-likeness (QED) is 0.749. The van der Waals surface area contributed by atoms with Crippen molar-refractivity contribution in [2.24, 2.45) is 11.1 Å². The van der Waals surface area contributed by atoms with Crippen LogP contribution in [0.15, 0.2) is 23.1 Å². The first-order valence-corrected chi connectivity index (χ1v) is 9.25. The van der Waals surface area contributed by atoms with Gasteiger partial charge in [0.05, 0.1) is 4.90 Å². The summed E-state index contributed by atoms with van der Waals surface area (Å²) in [6.45, 7) is 7.20. The number of carbonyl (C=O) groups is 1. The number of nitrogens with one attached hydrogen (secondary N) is 2. The SMILES string of the molecule is Cc1ccc(S(=O)(=O)NCC2NCCCC2(C)C)cc1C(N)=O. The number of carbonyl (C=O) groups excluding carboxylic acids is 1. The molecule has 4 N–H and O–H groups in total. The van der Waals surface area contributed by atoms with E-state index in [1.54, 1.807) is 13.0 Å². The molecule has 1 aromatic rings. The molecule has 1 unspecified atom stereocenters. The molecule has 1 saturated heterocycles. The van der Waals surface area contributed by atoms with Crippen molar-refractivity contribution in [1.82, 2.24) is 10.0 Å². The Morgan fingerprint density at radius 2 is 2.13 bits per heavy atom. The Balaban J connectivity index is 2.16. The highest BCUT2D eigenvalue weighted by Gasteiger charge is 2.32. The van der Waals surface area contributed by atoms with Crippen LogP contribution >= 0.6 is 0 Å². The molecule has 23 heavy (non-hydrogen) atoms. The van der Waals surface area contributed by atoms with Crippen LogP contribution in [0.3, 0.4) is 0 Å². The molecule has 0 saturated carbocycles. The van der Waals surface area contributed by atoms with Gasteiger partial charge >= 0.3 is 0 Å². The minimum Gasteiger partial charge on any atom is -0.366 e. The van der Waals surface area contributed by atoms with Gasteiger partial charge in [0.2, 0.25) is 15.9 Å². The molecule has 1 aliphatic heterocycles. The van der Waals surface area contributed by atoms with E-state index in [9.17, 15) is 13.2 Å². The molecule has 1 atom stereocenters. The largest absolute Gasteiger partial charge is 0.366 e. The van der Waals surface area contributed by atoms with Crippen molar-refractivity contribution in [3.05, 3.63) is 29.3 Å². The van der Waals surface area contributed by atoms with E-state index in [1.165, 1.54) is 12.1 Å². The Morgan fingerprint density at radius 1 is 1.43 bits per heavy atom. The lowest BCUT2D eigenvalue weighted by Crippen LogP contribution is -2.52. The highest BCUT2D eigenvalue weighted by atomic mass is 32.2. The summed E-state index contributed by atoms with van der Waals surface area (Å²) in [5, 5.41) is 3.37. The molecule has 1 fully saturated rings. The average Bonchev–Trinajstić information content (AvgIpc) is 2.45. The molecule has 1 aromatic carbocycles. The highest BCUT2D eigenvalue weighted by molar-refractivity contribution is 7.89. The van der Waals surface area contributed by atoms with E-state index in [1.807, 2.05) is 0 Å². The summed E-state index contributed by atoms with van der Waals surface area (Å²) in [5.41, 5.74) is 6.21. The van der Waals surface area contributed by atoms with Gasteiger partial charge < -0.3 is 11.1 Å². The van der Waals surface area contributed by atoms with Crippen LogP contribution in [0.25, 0.3) is 0 Å². The first-order valence-electron chi connectivity index (χ1n) is 7.77. The highest BCUT2D eigenvalue weighted by Crippen LogP contribution is 2.29. The summed E-state index contributed by atoms with van der Waals surface area (Å²) in [7, 11) is -3.68. The van der Waals surface area contributed by atoms with Crippen LogP contribution in [0.4, 0.5) is 0 Å². The Morgan fingerprint density at radius 3 is 2.74 bits per heavy atom. The van der Waals surface area contributed by atoms with Gasteiger partial charge in [0.25, 0.3) is 0 Å². The molecule has 128 valence electrons. The Bertz CT molecular complexity index is 699. The van der Waals surface area contributed by atoms with Crippen LogP contribution < -0.4 is 15.8 Å². The van der Waals surface area contributed by atoms with E-state index in [2.05, 4.69) is 23.9 Å². The third-order valence-electron chi connectivity index (χ3n) is 4.59. The smallest absolute Gasteiger partial charge is 0.249 e. The number of nitrogens with two attached hydrogens (primary N) is 1. The predicted octanol–water partition coefficient (Wildman–Crippen LogP) is 1.15. The molecule has 0 aliphatic carbocycles. The molecule has 0 spiro atoms. The molecule has 7 heteroatoms. The molecule has 0 radical (unpaired) electrons. The lowest BCUT2D eigenvalue weighted by atomic mass is 9.78. The van der Waals surface area contributed by atoms with Crippen LogP contribution in [0, 0.1) is 12.3 Å². The molecule has 1 aliphatic rings. The van der Waals surface area contributed by atoms with Gasteiger partial charge in [0.1, 0.15) is 0 Å². The van der Waals surface area contributed by atoms with Crippen molar-refractivity contribution in [2.75, 3.05) is 13.1 Å². The number of hydrogen-bond acceptors (Lipinski definition) is 4. The number of rotatable bonds is 5. The molecule has 1 amide bonds. The number of aryl methyl sites for hydroxylation is 1. The first-order chi connectivity index (χ1) is 10.6. The van der Waals surface area contributed by atoms with E-state index in [4.69, 9.17) is 5.73 Å². The number of primary amides is 1. The molecule has 0 aromatic heterocycles. The Hall–Kier alpha value is -1.44. The Kier molecular flexibility index (Phi) is 5.13. The lowest BCUT2D eigenvalue weighted by Gasteiger charge is -2.39. The summed E-state index contributed by atoms with van der Waals surface area (Å²) in [6.07, 6.45) is 2.15. The van der Waals surface area contributed by atoms with Gasteiger partial charge in [-0.25, -0.2) is 13.1 Å². The zero-order valence-corrected chi connectivity index (χ0v) is 14.7. The second kappa shape index (κ2) is 6.59. The van der Waals surface area contributed by atoms with Crippen LogP contribution in [0.1, 0.15) is 42.6 Å². The number of benzene rings is 1. The third-order valence-corrected chi connectivity index (χ3v) is 6.02. The van der Waals surface area contributed by atoms with E-state index in [0.717, 1.165) is 19.4 Å². The minimum atomic E-state index is -3.68. The maximum Gasteiger partial charge on any atom is 0.249 e. The molecular formula is C16H25N3O3S. The summed E-state index contributed by atoms with van der Waals surface area (Å²) in [5.74, 6) is -0.630. The van der Waals surface area contributed by atoms with Crippen molar-refractivity contribution in [3.8, 4) is 0 Å². The average molecular weight is 339 g/mol. The standard InChI is InChI=1S/C16H25N3O3S/c1-11-5-6-12(9-13(11)15(17)20)23(21,22)19-10-14-16(2,3)7-4-8-18-14/h5-6,9,14,18-19H,4,7-8,10H2,1-3H3,(H2,17,20). The Labute approximate surface area is 137 Å². The zero-order valence-electron chi connectivity index (χ0n) is 13.8. The maximum atomic E-state index is 12.5. The van der Waals surface area contributed by atoms with Crippen LogP contribution in [0.5, 0.6) is 0 Å². The van der Waals surface area contributed by atoms with Crippen LogP contribution in [0.2, 0.25) is 0 Å². The van der Waals surface area contributed by atoms with Crippen molar-refractivity contribution in [1.29, 1.82) is 0 Å². The van der Waals surface area contributed by atoms with Crippen molar-refractivity contribution >= 4 is 15.9 Å². The van der Waals surface area contributed by atoms with Gasteiger partial charge in [-0.2, -0.15) is 0 Å². The second-order valence-corrected chi connectivity index (χ2v) is 8.56. The fraction of sp³-hybridized carbons (Fsp3) is 0.562.